The average molecular weight is 194 g/mol. The van der Waals surface area contributed by atoms with Crippen LogP contribution in [0.1, 0.15) is 58.8 Å². The van der Waals surface area contributed by atoms with Gasteiger partial charge in [-0.2, -0.15) is 0 Å². The van der Waals surface area contributed by atoms with E-state index in [1.165, 1.54) is 19.3 Å². The third-order valence-corrected chi connectivity index (χ3v) is 2.83. The first-order valence-electron chi connectivity index (χ1n) is 5.92. The van der Waals surface area contributed by atoms with Crippen molar-refractivity contribution in [3.05, 3.63) is 11.6 Å². The van der Waals surface area contributed by atoms with E-state index in [9.17, 15) is 4.79 Å². The van der Waals surface area contributed by atoms with Crippen molar-refractivity contribution in [2.75, 3.05) is 0 Å². The third kappa shape index (κ3) is 4.08. The number of unbranched alkanes of at least 4 members (excludes halogenated alkanes) is 2. The monoisotopic (exact) mass is 194 g/mol. The van der Waals surface area contributed by atoms with Crippen molar-refractivity contribution in [2.45, 2.75) is 58.8 Å². The summed E-state index contributed by atoms with van der Waals surface area (Å²) in [6, 6.07) is 0. The second-order valence-corrected chi connectivity index (χ2v) is 4.68. The summed E-state index contributed by atoms with van der Waals surface area (Å²) < 4.78 is 0. The smallest absolute Gasteiger partial charge is 0.158 e. The molecule has 0 aliphatic heterocycles. The predicted octanol–water partition coefficient (Wildman–Crippen LogP) is 3.88. The van der Waals surface area contributed by atoms with Crippen LogP contribution in [0, 0.1) is 5.92 Å². The lowest BCUT2D eigenvalue weighted by molar-refractivity contribution is -0.114. The number of ketones is 1. The van der Waals surface area contributed by atoms with E-state index < -0.39 is 0 Å². The first kappa shape index (κ1) is 11.5. The van der Waals surface area contributed by atoms with Crippen LogP contribution in [0.5, 0.6) is 0 Å². The van der Waals surface area contributed by atoms with Crippen molar-refractivity contribution >= 4 is 5.78 Å². The Labute approximate surface area is 87.6 Å². The Morgan fingerprint density at radius 3 is 2.64 bits per heavy atom. The SMILES string of the molecule is CC(C)CCCCC=C1CCCC1=O. The molecule has 0 aromatic heterocycles. The van der Waals surface area contributed by atoms with Gasteiger partial charge in [0, 0.05) is 6.42 Å². The molecule has 1 nitrogen and oxygen atoms in total. The zero-order valence-electron chi connectivity index (χ0n) is 9.51. The molecule has 0 unspecified atom stereocenters. The molecular weight excluding hydrogens is 172 g/mol. The van der Waals surface area contributed by atoms with E-state index in [0.717, 1.165) is 37.2 Å². The summed E-state index contributed by atoms with van der Waals surface area (Å²) in [7, 11) is 0. The fourth-order valence-electron chi connectivity index (χ4n) is 1.93. The van der Waals surface area contributed by atoms with Gasteiger partial charge in [0.1, 0.15) is 0 Å². The Balaban J connectivity index is 2.10. The second-order valence-electron chi connectivity index (χ2n) is 4.68. The van der Waals surface area contributed by atoms with Crippen LogP contribution in [0.2, 0.25) is 0 Å². The molecule has 0 aromatic rings. The highest BCUT2D eigenvalue weighted by molar-refractivity contribution is 5.97. The van der Waals surface area contributed by atoms with E-state index in [0.29, 0.717) is 5.78 Å². The van der Waals surface area contributed by atoms with Gasteiger partial charge in [0.15, 0.2) is 5.78 Å². The minimum atomic E-state index is 0.397. The van der Waals surface area contributed by atoms with Crippen LogP contribution in [0.15, 0.2) is 11.6 Å². The molecule has 80 valence electrons. The molecule has 0 amide bonds. The molecule has 1 heteroatoms. The van der Waals surface area contributed by atoms with Gasteiger partial charge in [0.2, 0.25) is 0 Å². The van der Waals surface area contributed by atoms with Crippen molar-refractivity contribution < 1.29 is 4.79 Å². The van der Waals surface area contributed by atoms with Crippen LogP contribution >= 0.6 is 0 Å². The molecule has 0 aromatic carbocycles. The molecule has 0 bridgehead atoms. The first-order chi connectivity index (χ1) is 6.70. The number of hydrogen-bond acceptors (Lipinski definition) is 1. The minimum Gasteiger partial charge on any atom is -0.295 e. The molecule has 1 fully saturated rings. The first-order valence-corrected chi connectivity index (χ1v) is 5.92. The summed E-state index contributed by atoms with van der Waals surface area (Å²) in [5.74, 6) is 1.21. The maximum absolute atomic E-state index is 11.3. The van der Waals surface area contributed by atoms with E-state index in [4.69, 9.17) is 0 Å². The topological polar surface area (TPSA) is 17.1 Å². The van der Waals surface area contributed by atoms with Gasteiger partial charge in [0.25, 0.3) is 0 Å². The molecule has 0 heterocycles. The van der Waals surface area contributed by atoms with Crippen LogP contribution in [0.25, 0.3) is 0 Å². The predicted molar refractivity (Wildman–Crippen MR) is 60.2 cm³/mol. The molecule has 0 N–H and O–H groups in total. The quantitative estimate of drug-likeness (QED) is 0.479. The third-order valence-electron chi connectivity index (χ3n) is 2.83. The molecule has 0 spiro atoms. The lowest BCUT2D eigenvalue weighted by atomic mass is 10.0. The summed E-state index contributed by atoms with van der Waals surface area (Å²) in [5, 5.41) is 0. The van der Waals surface area contributed by atoms with Crippen LogP contribution in [-0.2, 0) is 4.79 Å². The highest BCUT2D eigenvalue weighted by Gasteiger charge is 2.15. The molecule has 1 rings (SSSR count). The number of allylic oxidation sites excluding steroid dienone is 2. The van der Waals surface area contributed by atoms with Crippen LogP contribution in [0.4, 0.5) is 0 Å². The van der Waals surface area contributed by atoms with Gasteiger partial charge >= 0.3 is 0 Å². The van der Waals surface area contributed by atoms with Crippen LogP contribution < -0.4 is 0 Å². The largest absolute Gasteiger partial charge is 0.295 e. The second kappa shape index (κ2) is 6.00. The Morgan fingerprint density at radius 2 is 2.07 bits per heavy atom. The van der Waals surface area contributed by atoms with E-state index >= 15 is 0 Å². The minimum absolute atomic E-state index is 0.397. The fourth-order valence-corrected chi connectivity index (χ4v) is 1.93. The van der Waals surface area contributed by atoms with E-state index in [1.54, 1.807) is 0 Å². The van der Waals surface area contributed by atoms with Gasteiger partial charge in [0.05, 0.1) is 0 Å². The summed E-state index contributed by atoms with van der Waals surface area (Å²) in [6.45, 7) is 4.53. The Hall–Kier alpha value is -0.590. The van der Waals surface area contributed by atoms with Crippen molar-refractivity contribution in [2.24, 2.45) is 5.92 Å². The van der Waals surface area contributed by atoms with Gasteiger partial charge in [-0.1, -0.05) is 32.8 Å². The summed E-state index contributed by atoms with van der Waals surface area (Å²) >= 11 is 0. The highest BCUT2D eigenvalue weighted by atomic mass is 16.1. The summed E-state index contributed by atoms with van der Waals surface area (Å²) in [5.41, 5.74) is 1.11. The maximum atomic E-state index is 11.3. The van der Waals surface area contributed by atoms with Crippen molar-refractivity contribution in [1.29, 1.82) is 0 Å². The zero-order chi connectivity index (χ0) is 10.4. The Kier molecular flexibility index (Phi) is 4.92. The molecule has 14 heavy (non-hydrogen) atoms. The number of Topliss-reactive ketones (excluding diaryl/α,β-unsaturated/α-hetero) is 1. The molecule has 1 aliphatic carbocycles. The van der Waals surface area contributed by atoms with Gasteiger partial charge < -0.3 is 0 Å². The lowest BCUT2D eigenvalue weighted by Crippen LogP contribution is -1.91. The Morgan fingerprint density at radius 1 is 1.29 bits per heavy atom. The average Bonchev–Trinajstić information content (AvgIpc) is 2.51. The number of hydrogen-bond donors (Lipinski definition) is 0. The molecule has 1 aliphatic rings. The molecular formula is C13H22O. The van der Waals surface area contributed by atoms with Crippen LogP contribution in [-0.4, -0.2) is 5.78 Å². The van der Waals surface area contributed by atoms with Crippen molar-refractivity contribution in [3.8, 4) is 0 Å². The normalized spacial score (nSPS) is 19.9. The number of carbonyl (C=O) groups excluding carboxylic acids is 1. The standard InChI is InChI=1S/C13H22O/c1-11(2)7-4-3-5-8-12-9-6-10-13(12)14/h8,11H,3-7,9-10H2,1-2H3. The van der Waals surface area contributed by atoms with E-state index in [1.807, 2.05) is 0 Å². The molecule has 0 radical (unpaired) electrons. The molecule has 1 saturated carbocycles. The maximum Gasteiger partial charge on any atom is 0.158 e. The highest BCUT2D eigenvalue weighted by Crippen LogP contribution is 2.21. The number of carbonyl (C=O) groups is 1. The molecule has 0 atom stereocenters. The van der Waals surface area contributed by atoms with Gasteiger partial charge in [-0.25, -0.2) is 0 Å². The summed E-state index contributed by atoms with van der Waals surface area (Å²) in [4.78, 5) is 11.3. The van der Waals surface area contributed by atoms with Gasteiger partial charge in [-0.15, -0.1) is 0 Å². The van der Waals surface area contributed by atoms with Gasteiger partial charge in [-0.3, -0.25) is 4.79 Å². The van der Waals surface area contributed by atoms with E-state index in [-0.39, 0.29) is 0 Å². The van der Waals surface area contributed by atoms with E-state index in [2.05, 4.69) is 19.9 Å². The Bertz CT molecular complexity index is 213. The van der Waals surface area contributed by atoms with Crippen molar-refractivity contribution in [1.82, 2.24) is 0 Å². The molecule has 0 saturated heterocycles. The van der Waals surface area contributed by atoms with Crippen molar-refractivity contribution in [3.63, 3.8) is 0 Å². The zero-order valence-corrected chi connectivity index (χ0v) is 9.51. The van der Waals surface area contributed by atoms with Crippen LogP contribution in [0.3, 0.4) is 0 Å². The fraction of sp³-hybridized carbons (Fsp3) is 0.769. The number of rotatable bonds is 5. The summed E-state index contributed by atoms with van der Waals surface area (Å²) in [6.07, 6.45) is 10.0. The van der Waals surface area contributed by atoms with Gasteiger partial charge in [-0.05, 0) is 37.2 Å². The lowest BCUT2D eigenvalue weighted by Gasteiger charge is -2.02.